The zero-order valence-electron chi connectivity index (χ0n) is 9.89. The first kappa shape index (κ1) is 11.8. The van der Waals surface area contributed by atoms with E-state index in [1.54, 1.807) is 0 Å². The molecule has 0 saturated heterocycles. The SMILES string of the molecule is C=CCC(Cc1ccc2ccccc2c1)NN. The van der Waals surface area contributed by atoms with E-state index in [2.05, 4.69) is 54.5 Å². The van der Waals surface area contributed by atoms with E-state index < -0.39 is 0 Å². The predicted octanol–water partition coefficient (Wildman–Crippen LogP) is 2.79. The average Bonchev–Trinajstić information content (AvgIpc) is 2.38. The highest BCUT2D eigenvalue weighted by Crippen LogP contribution is 2.17. The fraction of sp³-hybridized carbons (Fsp3) is 0.200. The third-order valence-corrected chi connectivity index (χ3v) is 2.98. The van der Waals surface area contributed by atoms with Gasteiger partial charge in [0.05, 0.1) is 0 Å². The van der Waals surface area contributed by atoms with Crippen LogP contribution in [0.3, 0.4) is 0 Å². The van der Waals surface area contributed by atoms with Crippen molar-refractivity contribution in [2.45, 2.75) is 18.9 Å². The van der Waals surface area contributed by atoms with Crippen LogP contribution in [0.5, 0.6) is 0 Å². The van der Waals surface area contributed by atoms with Crippen LogP contribution < -0.4 is 11.3 Å². The van der Waals surface area contributed by atoms with Gasteiger partial charge in [-0.25, -0.2) is 0 Å². The van der Waals surface area contributed by atoms with Gasteiger partial charge in [-0.1, -0.05) is 48.5 Å². The van der Waals surface area contributed by atoms with Gasteiger partial charge in [-0.2, -0.15) is 0 Å². The van der Waals surface area contributed by atoms with Gasteiger partial charge in [0, 0.05) is 6.04 Å². The molecule has 2 heteroatoms. The molecule has 0 spiro atoms. The van der Waals surface area contributed by atoms with Crippen molar-refractivity contribution in [1.29, 1.82) is 0 Å². The quantitative estimate of drug-likeness (QED) is 0.467. The van der Waals surface area contributed by atoms with Gasteiger partial charge >= 0.3 is 0 Å². The molecular formula is C15H18N2. The van der Waals surface area contributed by atoms with Crippen molar-refractivity contribution in [2.75, 3.05) is 0 Å². The average molecular weight is 226 g/mol. The predicted molar refractivity (Wildman–Crippen MR) is 73.6 cm³/mol. The summed E-state index contributed by atoms with van der Waals surface area (Å²) in [6.45, 7) is 3.74. The number of nitrogens with one attached hydrogen (secondary N) is 1. The lowest BCUT2D eigenvalue weighted by Crippen LogP contribution is -2.36. The van der Waals surface area contributed by atoms with Gasteiger partial charge in [0.2, 0.25) is 0 Å². The molecule has 1 unspecified atom stereocenters. The maximum absolute atomic E-state index is 5.52. The Bertz CT molecular complexity index is 505. The van der Waals surface area contributed by atoms with E-state index in [0.29, 0.717) is 0 Å². The minimum Gasteiger partial charge on any atom is -0.271 e. The molecule has 17 heavy (non-hydrogen) atoms. The standard InChI is InChI=1S/C15H18N2/c1-2-5-15(17-16)11-12-8-9-13-6-3-4-7-14(13)10-12/h2-4,6-10,15,17H,1,5,11,16H2. The lowest BCUT2D eigenvalue weighted by molar-refractivity contribution is 0.531. The van der Waals surface area contributed by atoms with Crippen LogP contribution in [0.25, 0.3) is 10.8 Å². The van der Waals surface area contributed by atoms with Crippen molar-refractivity contribution in [3.05, 3.63) is 60.7 Å². The smallest absolute Gasteiger partial charge is 0.0285 e. The Labute approximate surface area is 102 Å². The van der Waals surface area contributed by atoms with Gasteiger partial charge in [-0.3, -0.25) is 11.3 Å². The third kappa shape index (κ3) is 2.93. The van der Waals surface area contributed by atoms with Crippen LogP contribution >= 0.6 is 0 Å². The number of hydrogen-bond donors (Lipinski definition) is 2. The van der Waals surface area contributed by atoms with E-state index >= 15 is 0 Å². The highest BCUT2D eigenvalue weighted by Gasteiger charge is 2.05. The number of fused-ring (bicyclic) bond motifs is 1. The number of hydrazine groups is 1. The van der Waals surface area contributed by atoms with Gasteiger partial charge in [0.25, 0.3) is 0 Å². The second kappa shape index (κ2) is 5.62. The van der Waals surface area contributed by atoms with Gasteiger partial charge in [-0.05, 0) is 29.2 Å². The highest BCUT2D eigenvalue weighted by molar-refractivity contribution is 5.82. The molecule has 0 bridgehead atoms. The monoisotopic (exact) mass is 226 g/mol. The molecule has 0 amide bonds. The molecule has 3 N–H and O–H groups in total. The zero-order chi connectivity index (χ0) is 12.1. The Morgan fingerprint density at radius 1 is 1.18 bits per heavy atom. The number of rotatable bonds is 5. The Hall–Kier alpha value is -1.64. The summed E-state index contributed by atoms with van der Waals surface area (Å²) in [4.78, 5) is 0. The molecule has 0 aliphatic rings. The largest absolute Gasteiger partial charge is 0.271 e. The van der Waals surface area contributed by atoms with Crippen LogP contribution in [0.15, 0.2) is 55.1 Å². The fourth-order valence-corrected chi connectivity index (χ4v) is 2.06. The van der Waals surface area contributed by atoms with E-state index in [-0.39, 0.29) is 6.04 Å². The Kier molecular flexibility index (Phi) is 3.91. The Balaban J connectivity index is 2.21. The maximum Gasteiger partial charge on any atom is 0.0285 e. The van der Waals surface area contributed by atoms with Crippen LogP contribution in [0.2, 0.25) is 0 Å². The molecule has 2 nitrogen and oxygen atoms in total. The lowest BCUT2D eigenvalue weighted by Gasteiger charge is -2.14. The van der Waals surface area contributed by atoms with Crippen molar-refractivity contribution in [3.63, 3.8) is 0 Å². The summed E-state index contributed by atoms with van der Waals surface area (Å²) < 4.78 is 0. The molecule has 0 heterocycles. The van der Waals surface area contributed by atoms with Crippen LogP contribution in [0.4, 0.5) is 0 Å². The summed E-state index contributed by atoms with van der Waals surface area (Å²) in [6, 6.07) is 15.2. The maximum atomic E-state index is 5.52. The molecule has 0 fully saturated rings. The first-order valence-electron chi connectivity index (χ1n) is 5.88. The first-order chi connectivity index (χ1) is 8.33. The minimum atomic E-state index is 0.258. The molecule has 1 atom stereocenters. The van der Waals surface area contributed by atoms with E-state index in [1.807, 2.05) is 6.08 Å². The molecule has 2 aromatic carbocycles. The Morgan fingerprint density at radius 2 is 1.94 bits per heavy atom. The summed E-state index contributed by atoms with van der Waals surface area (Å²) in [5.41, 5.74) is 4.13. The van der Waals surface area contributed by atoms with Gasteiger partial charge in [0.1, 0.15) is 0 Å². The van der Waals surface area contributed by atoms with Crippen LogP contribution in [-0.4, -0.2) is 6.04 Å². The molecule has 88 valence electrons. The molecule has 2 rings (SSSR count). The van der Waals surface area contributed by atoms with E-state index in [1.165, 1.54) is 16.3 Å². The van der Waals surface area contributed by atoms with Crippen LogP contribution in [0, 0.1) is 0 Å². The van der Waals surface area contributed by atoms with Crippen molar-refractivity contribution < 1.29 is 0 Å². The van der Waals surface area contributed by atoms with Crippen LogP contribution in [-0.2, 0) is 6.42 Å². The van der Waals surface area contributed by atoms with E-state index in [9.17, 15) is 0 Å². The molecule has 2 aromatic rings. The summed E-state index contributed by atoms with van der Waals surface area (Å²) in [6.07, 6.45) is 3.70. The molecule has 0 saturated carbocycles. The Morgan fingerprint density at radius 3 is 2.65 bits per heavy atom. The van der Waals surface area contributed by atoms with Gasteiger partial charge in [0.15, 0.2) is 0 Å². The lowest BCUT2D eigenvalue weighted by atomic mass is 10.0. The number of nitrogens with two attached hydrogens (primary N) is 1. The highest BCUT2D eigenvalue weighted by atomic mass is 15.2. The molecule has 0 aromatic heterocycles. The summed E-state index contributed by atoms with van der Waals surface area (Å²) >= 11 is 0. The number of hydrogen-bond acceptors (Lipinski definition) is 2. The normalized spacial score (nSPS) is 12.5. The zero-order valence-corrected chi connectivity index (χ0v) is 9.89. The van der Waals surface area contributed by atoms with Crippen molar-refractivity contribution in [3.8, 4) is 0 Å². The molecular weight excluding hydrogens is 208 g/mol. The van der Waals surface area contributed by atoms with E-state index in [4.69, 9.17) is 5.84 Å². The van der Waals surface area contributed by atoms with Gasteiger partial charge < -0.3 is 0 Å². The summed E-state index contributed by atoms with van der Waals surface area (Å²) in [5.74, 6) is 5.52. The summed E-state index contributed by atoms with van der Waals surface area (Å²) in [7, 11) is 0. The topological polar surface area (TPSA) is 38.0 Å². The van der Waals surface area contributed by atoms with Gasteiger partial charge in [-0.15, -0.1) is 6.58 Å². The second-order valence-corrected chi connectivity index (χ2v) is 4.27. The third-order valence-electron chi connectivity index (χ3n) is 2.98. The second-order valence-electron chi connectivity index (χ2n) is 4.27. The number of benzene rings is 2. The van der Waals surface area contributed by atoms with Crippen molar-refractivity contribution in [2.24, 2.45) is 5.84 Å². The molecule has 0 aliphatic heterocycles. The van der Waals surface area contributed by atoms with Crippen molar-refractivity contribution >= 4 is 10.8 Å². The van der Waals surface area contributed by atoms with Crippen LogP contribution in [0.1, 0.15) is 12.0 Å². The summed E-state index contributed by atoms with van der Waals surface area (Å²) in [5, 5.41) is 2.55. The molecule has 0 radical (unpaired) electrons. The minimum absolute atomic E-state index is 0.258. The van der Waals surface area contributed by atoms with E-state index in [0.717, 1.165) is 12.8 Å². The molecule has 0 aliphatic carbocycles. The first-order valence-corrected chi connectivity index (χ1v) is 5.88. The van der Waals surface area contributed by atoms with Crippen molar-refractivity contribution in [1.82, 2.24) is 5.43 Å². The fourth-order valence-electron chi connectivity index (χ4n) is 2.06.